The second-order valence-electron chi connectivity index (χ2n) is 7.90. The first-order valence-electron chi connectivity index (χ1n) is 10.1. The molecule has 0 saturated carbocycles. The maximum Gasteiger partial charge on any atom is 0.227 e. The van der Waals surface area contributed by atoms with Gasteiger partial charge in [0.1, 0.15) is 5.52 Å². The van der Waals surface area contributed by atoms with Gasteiger partial charge in [0.2, 0.25) is 5.95 Å². The topological polar surface area (TPSA) is 134 Å². The van der Waals surface area contributed by atoms with Crippen molar-refractivity contribution in [1.82, 2.24) is 35.0 Å². The van der Waals surface area contributed by atoms with Crippen LogP contribution >= 0.6 is 0 Å². The quantitative estimate of drug-likeness (QED) is 0.502. The van der Waals surface area contributed by atoms with Gasteiger partial charge < -0.3 is 15.6 Å². The fraction of sp³-hybridized carbons (Fsp3) is 0.526. The number of aromatic nitrogens is 6. The van der Waals surface area contributed by atoms with Gasteiger partial charge in [-0.1, -0.05) is 0 Å². The third-order valence-electron chi connectivity index (χ3n) is 5.94. The minimum absolute atomic E-state index is 0.322. The Morgan fingerprint density at radius 1 is 1.28 bits per heavy atom. The first kappa shape index (κ1) is 17.9. The van der Waals surface area contributed by atoms with Crippen LogP contribution in [0, 0.1) is 18.3 Å². The Kier molecular flexibility index (Phi) is 4.52. The molecule has 0 aromatic carbocycles. The second kappa shape index (κ2) is 7.33. The van der Waals surface area contributed by atoms with Gasteiger partial charge in [0, 0.05) is 42.9 Å². The standard InChI is InChI=1S/C19H24N10/c1-11-7-15(28-27-11)24-18-16-17(22-10-21-16)25-19(26-18)23-12-8-13-3-4-14(9-12)29(13)6-2-5-20/h7,10,12-14H,2-4,6,8-9H2,1H3,(H4,21,22,23,24,25,26,27,28)/t12?,13-,14+. The number of aromatic amines is 2. The molecule has 0 radical (unpaired) electrons. The van der Waals surface area contributed by atoms with Crippen molar-refractivity contribution in [2.75, 3.05) is 17.2 Å². The Morgan fingerprint density at radius 3 is 2.83 bits per heavy atom. The van der Waals surface area contributed by atoms with Gasteiger partial charge in [-0.3, -0.25) is 10.00 Å². The second-order valence-corrected chi connectivity index (χ2v) is 7.90. The van der Waals surface area contributed by atoms with Crippen molar-refractivity contribution in [1.29, 1.82) is 5.26 Å². The summed E-state index contributed by atoms with van der Waals surface area (Å²) in [6.45, 7) is 2.83. The zero-order chi connectivity index (χ0) is 19.8. The van der Waals surface area contributed by atoms with Gasteiger partial charge in [0.05, 0.1) is 12.4 Å². The average molecular weight is 392 g/mol. The van der Waals surface area contributed by atoms with Crippen molar-refractivity contribution in [2.45, 2.75) is 57.2 Å². The zero-order valence-corrected chi connectivity index (χ0v) is 16.3. The van der Waals surface area contributed by atoms with Crippen molar-refractivity contribution in [3.8, 4) is 6.07 Å². The van der Waals surface area contributed by atoms with Crippen molar-refractivity contribution in [3.63, 3.8) is 0 Å². The zero-order valence-electron chi connectivity index (χ0n) is 16.3. The number of hydrogen-bond acceptors (Lipinski definition) is 8. The predicted octanol–water partition coefficient (Wildman–Crippen LogP) is 2.45. The van der Waals surface area contributed by atoms with Crippen LogP contribution in [-0.4, -0.2) is 59.7 Å². The van der Waals surface area contributed by atoms with E-state index < -0.39 is 0 Å². The molecule has 3 atom stereocenters. The van der Waals surface area contributed by atoms with Gasteiger partial charge in [0.15, 0.2) is 17.3 Å². The lowest BCUT2D eigenvalue weighted by Gasteiger charge is -2.38. The van der Waals surface area contributed by atoms with E-state index >= 15 is 0 Å². The summed E-state index contributed by atoms with van der Waals surface area (Å²) < 4.78 is 0. The van der Waals surface area contributed by atoms with Crippen molar-refractivity contribution < 1.29 is 0 Å². The molecule has 29 heavy (non-hydrogen) atoms. The molecule has 3 aromatic rings. The van der Waals surface area contributed by atoms with E-state index in [4.69, 9.17) is 10.2 Å². The molecule has 5 rings (SSSR count). The van der Waals surface area contributed by atoms with Crippen molar-refractivity contribution >= 4 is 28.7 Å². The Labute approximate surface area is 168 Å². The highest BCUT2D eigenvalue weighted by Crippen LogP contribution is 2.36. The minimum atomic E-state index is 0.322. The summed E-state index contributed by atoms with van der Waals surface area (Å²) >= 11 is 0. The molecule has 2 bridgehead atoms. The molecular weight excluding hydrogens is 368 g/mol. The largest absolute Gasteiger partial charge is 0.351 e. The highest BCUT2D eigenvalue weighted by Gasteiger charge is 2.40. The van der Waals surface area contributed by atoms with Crippen LogP contribution in [0.1, 0.15) is 37.8 Å². The molecule has 2 aliphatic rings. The molecule has 1 unspecified atom stereocenters. The highest BCUT2D eigenvalue weighted by molar-refractivity contribution is 5.85. The number of imidazole rings is 1. The molecule has 0 spiro atoms. The Hall–Kier alpha value is -3.19. The number of rotatable bonds is 6. The molecule has 5 heterocycles. The van der Waals surface area contributed by atoms with E-state index in [0.717, 1.165) is 30.6 Å². The van der Waals surface area contributed by atoms with Crippen LogP contribution < -0.4 is 10.6 Å². The van der Waals surface area contributed by atoms with Crippen LogP contribution in [0.25, 0.3) is 11.2 Å². The maximum atomic E-state index is 8.91. The SMILES string of the molecule is Cc1cc(Nc2nc(NC3C[C@H]4CC[C@@H](C3)N4CCC#N)nc3nc[nH]c23)n[nH]1. The van der Waals surface area contributed by atoms with E-state index in [-0.39, 0.29) is 0 Å². The maximum absolute atomic E-state index is 8.91. The summed E-state index contributed by atoms with van der Waals surface area (Å²) in [6, 6.07) is 5.60. The average Bonchev–Trinajstić information content (AvgIpc) is 3.39. The summed E-state index contributed by atoms with van der Waals surface area (Å²) in [6.07, 6.45) is 6.73. The fourth-order valence-corrected chi connectivity index (χ4v) is 4.71. The van der Waals surface area contributed by atoms with E-state index in [1.165, 1.54) is 12.8 Å². The summed E-state index contributed by atoms with van der Waals surface area (Å²) in [4.78, 5) is 19.2. The molecule has 2 aliphatic heterocycles. The van der Waals surface area contributed by atoms with Gasteiger partial charge in [-0.15, -0.1) is 0 Å². The van der Waals surface area contributed by atoms with E-state index in [0.29, 0.717) is 47.8 Å². The monoisotopic (exact) mass is 392 g/mol. The number of piperidine rings is 1. The third-order valence-corrected chi connectivity index (χ3v) is 5.94. The van der Waals surface area contributed by atoms with Crippen LogP contribution in [0.2, 0.25) is 0 Å². The smallest absolute Gasteiger partial charge is 0.227 e. The lowest BCUT2D eigenvalue weighted by atomic mass is 9.97. The van der Waals surface area contributed by atoms with Gasteiger partial charge in [-0.05, 0) is 32.6 Å². The van der Waals surface area contributed by atoms with Gasteiger partial charge in [-0.2, -0.15) is 20.3 Å². The minimum Gasteiger partial charge on any atom is -0.351 e. The number of anilines is 3. The van der Waals surface area contributed by atoms with Crippen LogP contribution in [-0.2, 0) is 0 Å². The predicted molar refractivity (Wildman–Crippen MR) is 109 cm³/mol. The summed E-state index contributed by atoms with van der Waals surface area (Å²) in [5.41, 5.74) is 2.34. The molecular formula is C19H24N10. The molecule has 10 nitrogen and oxygen atoms in total. The van der Waals surface area contributed by atoms with Crippen LogP contribution in [0.15, 0.2) is 12.4 Å². The van der Waals surface area contributed by atoms with Crippen LogP contribution in [0.5, 0.6) is 0 Å². The Balaban J connectivity index is 1.34. The number of H-pyrrole nitrogens is 2. The van der Waals surface area contributed by atoms with E-state index in [9.17, 15) is 0 Å². The van der Waals surface area contributed by atoms with E-state index in [1.54, 1.807) is 6.33 Å². The molecule has 0 amide bonds. The van der Waals surface area contributed by atoms with Crippen molar-refractivity contribution in [2.24, 2.45) is 0 Å². The molecule has 2 fully saturated rings. The first-order chi connectivity index (χ1) is 14.2. The van der Waals surface area contributed by atoms with E-state index in [2.05, 4.69) is 46.8 Å². The number of nitrogens with zero attached hydrogens (tertiary/aromatic N) is 6. The van der Waals surface area contributed by atoms with Crippen molar-refractivity contribution in [3.05, 3.63) is 18.1 Å². The number of nitriles is 1. The molecule has 10 heteroatoms. The third kappa shape index (κ3) is 3.49. The van der Waals surface area contributed by atoms with Gasteiger partial charge in [-0.25, -0.2) is 4.98 Å². The van der Waals surface area contributed by atoms with Gasteiger partial charge >= 0.3 is 0 Å². The Morgan fingerprint density at radius 2 is 2.10 bits per heavy atom. The molecule has 150 valence electrons. The summed E-state index contributed by atoms with van der Waals surface area (Å²) in [7, 11) is 0. The highest BCUT2D eigenvalue weighted by atomic mass is 15.3. The van der Waals surface area contributed by atoms with Crippen LogP contribution in [0.3, 0.4) is 0 Å². The number of fused-ring (bicyclic) bond motifs is 3. The molecule has 0 aliphatic carbocycles. The number of nitrogens with one attached hydrogen (secondary N) is 4. The van der Waals surface area contributed by atoms with E-state index in [1.807, 2.05) is 13.0 Å². The fourth-order valence-electron chi connectivity index (χ4n) is 4.71. The number of hydrogen-bond donors (Lipinski definition) is 4. The number of aryl methyl sites for hydroxylation is 1. The molecule has 4 N–H and O–H groups in total. The Bertz CT molecular complexity index is 1030. The lowest BCUT2D eigenvalue weighted by Crippen LogP contribution is -2.47. The lowest BCUT2D eigenvalue weighted by molar-refractivity contribution is 0.135. The summed E-state index contributed by atoms with van der Waals surface area (Å²) in [5.74, 6) is 1.93. The normalized spacial score (nSPS) is 23.9. The summed E-state index contributed by atoms with van der Waals surface area (Å²) in [5, 5.41) is 22.8. The first-order valence-corrected chi connectivity index (χ1v) is 10.1. The van der Waals surface area contributed by atoms with Gasteiger partial charge in [0.25, 0.3) is 0 Å². The van der Waals surface area contributed by atoms with Crippen LogP contribution in [0.4, 0.5) is 17.6 Å². The molecule has 3 aromatic heterocycles. The molecule has 2 saturated heterocycles.